The summed E-state index contributed by atoms with van der Waals surface area (Å²) in [5.41, 5.74) is 1.58. The van der Waals surface area contributed by atoms with Crippen LogP contribution in [-0.2, 0) is 9.84 Å². The van der Waals surface area contributed by atoms with E-state index in [0.717, 1.165) is 15.5 Å². The second kappa shape index (κ2) is 9.60. The molecule has 9 heteroatoms. The summed E-state index contributed by atoms with van der Waals surface area (Å²) in [6.45, 7) is 0.507. The largest absolute Gasteiger partial charge is 0.490 e. The number of sulfone groups is 1. The van der Waals surface area contributed by atoms with Crippen molar-refractivity contribution in [1.29, 1.82) is 0 Å². The van der Waals surface area contributed by atoms with E-state index in [0.29, 0.717) is 40.6 Å². The van der Waals surface area contributed by atoms with Crippen molar-refractivity contribution in [2.75, 3.05) is 18.5 Å². The molecule has 0 amide bonds. The van der Waals surface area contributed by atoms with Crippen LogP contribution in [0.25, 0.3) is 10.9 Å². The maximum Gasteiger partial charge on any atom is 0.181 e. The molecular formula is C25H22BrN3O4S. The summed E-state index contributed by atoms with van der Waals surface area (Å²) in [5, 5.41) is 3.51. The Morgan fingerprint density at radius 1 is 0.882 bits per heavy atom. The quantitative estimate of drug-likeness (QED) is 0.364. The first-order valence-corrected chi connectivity index (χ1v) is 13.2. The van der Waals surface area contributed by atoms with Crippen LogP contribution >= 0.6 is 15.9 Å². The standard InChI is InChI=1S/C25H22BrN3O4S/c26-17-5-4-6-18(13-17)29-25-21-14-23-24(15-22(21)27-16-28-25)33-12-10-20(9-11-32-23)34(30,31)19-7-2-1-3-8-19/h1-8,13-16,20H,9-12H2,(H,27,28,29). The van der Waals surface area contributed by atoms with Gasteiger partial charge in [-0.3, -0.25) is 0 Å². The Balaban J connectivity index is 1.42. The van der Waals surface area contributed by atoms with Gasteiger partial charge in [-0.2, -0.15) is 0 Å². The maximum atomic E-state index is 13.1. The molecule has 4 aromatic rings. The minimum absolute atomic E-state index is 0.251. The summed E-state index contributed by atoms with van der Waals surface area (Å²) in [4.78, 5) is 9.12. The van der Waals surface area contributed by atoms with Gasteiger partial charge in [-0.1, -0.05) is 40.2 Å². The van der Waals surface area contributed by atoms with E-state index in [1.807, 2.05) is 36.4 Å². The van der Waals surface area contributed by atoms with Crippen LogP contribution in [0.4, 0.5) is 11.5 Å². The molecule has 34 heavy (non-hydrogen) atoms. The number of nitrogens with zero attached hydrogens (tertiary/aromatic N) is 2. The zero-order valence-electron chi connectivity index (χ0n) is 18.1. The van der Waals surface area contributed by atoms with Gasteiger partial charge in [0, 0.05) is 21.6 Å². The maximum absolute atomic E-state index is 13.1. The number of ether oxygens (including phenoxy) is 2. The molecule has 3 aromatic carbocycles. The molecule has 1 aliphatic heterocycles. The number of hydrogen-bond acceptors (Lipinski definition) is 7. The molecule has 2 heterocycles. The lowest BCUT2D eigenvalue weighted by molar-refractivity contribution is 0.288. The summed E-state index contributed by atoms with van der Waals surface area (Å²) < 4.78 is 39.2. The van der Waals surface area contributed by atoms with Crippen LogP contribution in [0.5, 0.6) is 11.5 Å². The van der Waals surface area contributed by atoms with Gasteiger partial charge in [0.25, 0.3) is 0 Å². The number of halogens is 1. The van der Waals surface area contributed by atoms with E-state index in [4.69, 9.17) is 9.47 Å². The van der Waals surface area contributed by atoms with Crippen LogP contribution in [0.2, 0.25) is 0 Å². The van der Waals surface area contributed by atoms with Crippen molar-refractivity contribution in [2.45, 2.75) is 23.0 Å². The first kappa shape index (κ1) is 22.6. The normalized spacial score (nSPS) is 16.3. The van der Waals surface area contributed by atoms with Crippen molar-refractivity contribution in [3.8, 4) is 11.5 Å². The zero-order chi connectivity index (χ0) is 23.5. The SMILES string of the molecule is O=S(=O)(c1ccccc1)C1CCOc2cc3ncnc(Nc4cccc(Br)c4)c3cc2OCC1. The molecule has 0 spiro atoms. The Bertz CT molecular complexity index is 1430. The summed E-state index contributed by atoms with van der Waals surface area (Å²) in [6, 6.07) is 20.0. The summed E-state index contributed by atoms with van der Waals surface area (Å²) in [5.74, 6) is 1.72. The number of benzene rings is 3. The van der Waals surface area contributed by atoms with E-state index in [9.17, 15) is 8.42 Å². The molecule has 1 aromatic heterocycles. The van der Waals surface area contributed by atoms with Gasteiger partial charge in [0.1, 0.15) is 12.1 Å². The smallest absolute Gasteiger partial charge is 0.181 e. The first-order chi connectivity index (χ1) is 16.5. The average molecular weight is 540 g/mol. The number of fused-ring (bicyclic) bond motifs is 2. The van der Waals surface area contributed by atoms with Gasteiger partial charge in [0.15, 0.2) is 21.3 Å². The van der Waals surface area contributed by atoms with Crippen LogP contribution in [-0.4, -0.2) is 36.8 Å². The van der Waals surface area contributed by atoms with Crippen LogP contribution in [0, 0.1) is 0 Å². The molecule has 7 nitrogen and oxygen atoms in total. The third-order valence-electron chi connectivity index (χ3n) is 5.69. The summed E-state index contributed by atoms with van der Waals surface area (Å²) >= 11 is 3.48. The topological polar surface area (TPSA) is 90.4 Å². The van der Waals surface area contributed by atoms with Crippen LogP contribution in [0.15, 0.2) is 82.4 Å². The van der Waals surface area contributed by atoms with Gasteiger partial charge in [-0.15, -0.1) is 0 Å². The lowest BCUT2D eigenvalue weighted by atomic mass is 10.2. The van der Waals surface area contributed by atoms with E-state index in [2.05, 4.69) is 31.2 Å². The van der Waals surface area contributed by atoms with Gasteiger partial charge in [0.2, 0.25) is 0 Å². The highest BCUT2D eigenvalue weighted by Gasteiger charge is 2.28. The van der Waals surface area contributed by atoms with E-state index in [1.54, 1.807) is 30.3 Å². The molecule has 1 aliphatic rings. The number of hydrogen-bond donors (Lipinski definition) is 1. The van der Waals surface area contributed by atoms with Gasteiger partial charge in [-0.05, 0) is 49.2 Å². The van der Waals surface area contributed by atoms with Crippen molar-refractivity contribution >= 4 is 48.2 Å². The fourth-order valence-corrected chi connectivity index (χ4v) is 6.08. The molecule has 0 bridgehead atoms. The van der Waals surface area contributed by atoms with Gasteiger partial charge in [0.05, 0.1) is 28.9 Å². The molecule has 174 valence electrons. The zero-order valence-corrected chi connectivity index (χ0v) is 20.6. The highest BCUT2D eigenvalue weighted by molar-refractivity contribution is 9.10. The van der Waals surface area contributed by atoms with Crippen LogP contribution in [0.3, 0.4) is 0 Å². The van der Waals surface area contributed by atoms with E-state index >= 15 is 0 Å². The fraction of sp³-hybridized carbons (Fsp3) is 0.200. The number of rotatable bonds is 4. The van der Waals surface area contributed by atoms with Crippen molar-refractivity contribution in [2.24, 2.45) is 0 Å². The Hall–Kier alpha value is -3.17. The van der Waals surface area contributed by atoms with Gasteiger partial charge < -0.3 is 14.8 Å². The van der Waals surface area contributed by atoms with Gasteiger partial charge in [-0.25, -0.2) is 18.4 Å². The number of nitrogens with one attached hydrogen (secondary N) is 1. The molecule has 0 fully saturated rings. The Morgan fingerprint density at radius 2 is 1.62 bits per heavy atom. The van der Waals surface area contributed by atoms with Crippen LogP contribution < -0.4 is 14.8 Å². The van der Waals surface area contributed by atoms with Crippen molar-refractivity contribution in [1.82, 2.24) is 9.97 Å². The minimum Gasteiger partial charge on any atom is -0.490 e. The first-order valence-electron chi connectivity index (χ1n) is 10.9. The predicted molar refractivity (Wildman–Crippen MR) is 135 cm³/mol. The fourth-order valence-electron chi connectivity index (χ4n) is 3.95. The molecule has 1 N–H and O–H groups in total. The van der Waals surface area contributed by atoms with E-state index in [-0.39, 0.29) is 13.2 Å². The summed E-state index contributed by atoms with van der Waals surface area (Å²) in [6.07, 6.45) is 2.23. The second-order valence-corrected chi connectivity index (χ2v) is 11.1. The molecule has 1 atom stereocenters. The molecular weight excluding hydrogens is 518 g/mol. The van der Waals surface area contributed by atoms with Crippen molar-refractivity contribution in [3.63, 3.8) is 0 Å². The Morgan fingerprint density at radius 3 is 2.35 bits per heavy atom. The Labute approximate surface area is 206 Å². The number of anilines is 2. The molecule has 0 saturated heterocycles. The summed E-state index contributed by atoms with van der Waals surface area (Å²) in [7, 11) is -3.48. The highest BCUT2D eigenvalue weighted by Crippen LogP contribution is 2.36. The molecule has 0 aliphatic carbocycles. The average Bonchev–Trinajstić information content (AvgIpc) is 2.94. The predicted octanol–water partition coefficient (Wildman–Crippen LogP) is 5.53. The van der Waals surface area contributed by atoms with E-state index in [1.165, 1.54) is 6.33 Å². The number of aromatic nitrogens is 2. The lowest BCUT2D eigenvalue weighted by Crippen LogP contribution is -2.25. The second-order valence-electron chi connectivity index (χ2n) is 7.93. The lowest BCUT2D eigenvalue weighted by Gasteiger charge is -2.16. The molecule has 0 radical (unpaired) electrons. The van der Waals surface area contributed by atoms with Crippen molar-refractivity contribution < 1.29 is 17.9 Å². The third kappa shape index (κ3) is 4.71. The van der Waals surface area contributed by atoms with Gasteiger partial charge >= 0.3 is 0 Å². The Kier molecular flexibility index (Phi) is 6.38. The third-order valence-corrected chi connectivity index (χ3v) is 8.47. The molecule has 5 rings (SSSR count). The van der Waals surface area contributed by atoms with E-state index < -0.39 is 15.1 Å². The molecule has 0 saturated carbocycles. The molecule has 1 unspecified atom stereocenters. The highest BCUT2D eigenvalue weighted by atomic mass is 79.9. The monoisotopic (exact) mass is 539 g/mol. The van der Waals surface area contributed by atoms with Crippen molar-refractivity contribution in [3.05, 3.63) is 77.5 Å². The van der Waals surface area contributed by atoms with Crippen LogP contribution in [0.1, 0.15) is 12.8 Å². The minimum atomic E-state index is -3.48.